The highest BCUT2D eigenvalue weighted by molar-refractivity contribution is 5.76. The Morgan fingerprint density at radius 2 is 2.26 bits per heavy atom. The summed E-state index contributed by atoms with van der Waals surface area (Å²) in [6, 6.07) is 5.39. The summed E-state index contributed by atoms with van der Waals surface area (Å²) in [6.45, 7) is 2.52. The molecule has 0 bridgehead atoms. The Kier molecular flexibility index (Phi) is 4.73. The average molecular weight is 265 g/mol. The molecule has 0 unspecified atom stereocenters. The van der Waals surface area contributed by atoms with Gasteiger partial charge in [-0.05, 0) is 12.1 Å². The first-order valence-electron chi connectivity index (χ1n) is 6.20. The number of fused-ring (bicyclic) bond motifs is 1. The summed E-state index contributed by atoms with van der Waals surface area (Å²) in [5.74, 6) is 0.616. The SMILES string of the molecule is COCCN(CCO)Cc1nc2ccc(N)cc2o1. The van der Waals surface area contributed by atoms with Crippen LogP contribution in [-0.4, -0.2) is 48.4 Å². The molecule has 1 aromatic carbocycles. The summed E-state index contributed by atoms with van der Waals surface area (Å²) in [5.41, 5.74) is 7.83. The van der Waals surface area contributed by atoms with Crippen LogP contribution in [0.25, 0.3) is 11.1 Å². The molecule has 0 saturated carbocycles. The number of anilines is 1. The molecule has 0 aliphatic carbocycles. The third kappa shape index (κ3) is 3.66. The molecule has 0 atom stereocenters. The molecule has 6 heteroatoms. The maximum absolute atomic E-state index is 9.04. The minimum atomic E-state index is 0.0941. The van der Waals surface area contributed by atoms with Gasteiger partial charge in [-0.1, -0.05) is 0 Å². The molecule has 0 aliphatic rings. The van der Waals surface area contributed by atoms with Gasteiger partial charge in [-0.25, -0.2) is 4.98 Å². The topological polar surface area (TPSA) is 84.8 Å². The second kappa shape index (κ2) is 6.51. The largest absolute Gasteiger partial charge is 0.439 e. The van der Waals surface area contributed by atoms with Crippen molar-refractivity contribution in [3.63, 3.8) is 0 Å². The van der Waals surface area contributed by atoms with Crippen molar-refractivity contribution in [2.75, 3.05) is 39.1 Å². The second-order valence-electron chi connectivity index (χ2n) is 4.33. The number of benzene rings is 1. The normalized spacial score (nSPS) is 11.5. The van der Waals surface area contributed by atoms with E-state index in [2.05, 4.69) is 4.98 Å². The standard InChI is InChI=1S/C13H19N3O3/c1-18-7-5-16(4-6-17)9-13-15-11-3-2-10(14)8-12(11)19-13/h2-3,8,17H,4-7,9,14H2,1H3. The van der Waals surface area contributed by atoms with Crippen LogP contribution in [0.1, 0.15) is 5.89 Å². The van der Waals surface area contributed by atoms with Crippen LogP contribution in [0.4, 0.5) is 5.69 Å². The molecule has 19 heavy (non-hydrogen) atoms. The Labute approximate surface area is 111 Å². The van der Waals surface area contributed by atoms with Gasteiger partial charge in [-0.3, -0.25) is 4.90 Å². The summed E-state index contributed by atoms with van der Waals surface area (Å²) >= 11 is 0. The summed E-state index contributed by atoms with van der Waals surface area (Å²) in [5, 5.41) is 9.04. The van der Waals surface area contributed by atoms with Crippen LogP contribution in [0.5, 0.6) is 0 Å². The average Bonchev–Trinajstić information content (AvgIpc) is 2.77. The van der Waals surface area contributed by atoms with Gasteiger partial charge in [-0.2, -0.15) is 0 Å². The molecule has 1 aromatic heterocycles. The maximum atomic E-state index is 9.04. The van der Waals surface area contributed by atoms with E-state index in [-0.39, 0.29) is 6.61 Å². The molecule has 0 amide bonds. The fraction of sp³-hybridized carbons (Fsp3) is 0.462. The fourth-order valence-electron chi connectivity index (χ4n) is 1.88. The van der Waals surface area contributed by atoms with E-state index in [1.807, 2.05) is 11.0 Å². The minimum Gasteiger partial charge on any atom is -0.439 e. The molecule has 0 radical (unpaired) electrons. The van der Waals surface area contributed by atoms with E-state index < -0.39 is 0 Å². The zero-order chi connectivity index (χ0) is 13.7. The molecular formula is C13H19N3O3. The number of nitrogen functional groups attached to an aromatic ring is 1. The van der Waals surface area contributed by atoms with E-state index in [1.54, 1.807) is 19.2 Å². The van der Waals surface area contributed by atoms with Gasteiger partial charge in [0.25, 0.3) is 0 Å². The van der Waals surface area contributed by atoms with Gasteiger partial charge >= 0.3 is 0 Å². The molecule has 0 saturated heterocycles. The molecule has 2 rings (SSSR count). The van der Waals surface area contributed by atoms with E-state index in [9.17, 15) is 0 Å². The molecule has 2 aromatic rings. The van der Waals surface area contributed by atoms with Gasteiger partial charge in [0, 0.05) is 32.0 Å². The van der Waals surface area contributed by atoms with Crippen molar-refractivity contribution in [3.8, 4) is 0 Å². The maximum Gasteiger partial charge on any atom is 0.209 e. The van der Waals surface area contributed by atoms with Crippen LogP contribution in [0.3, 0.4) is 0 Å². The number of hydrogen-bond acceptors (Lipinski definition) is 6. The monoisotopic (exact) mass is 265 g/mol. The van der Waals surface area contributed by atoms with E-state index in [4.69, 9.17) is 20.0 Å². The third-order valence-corrected chi connectivity index (χ3v) is 2.84. The van der Waals surface area contributed by atoms with Crippen molar-refractivity contribution in [1.82, 2.24) is 9.88 Å². The number of nitrogens with two attached hydrogens (primary N) is 1. The highest BCUT2D eigenvalue weighted by Gasteiger charge is 2.11. The quantitative estimate of drug-likeness (QED) is 0.722. The van der Waals surface area contributed by atoms with E-state index >= 15 is 0 Å². The van der Waals surface area contributed by atoms with Crippen LogP contribution < -0.4 is 5.73 Å². The zero-order valence-electron chi connectivity index (χ0n) is 11.0. The Balaban J connectivity index is 2.09. The van der Waals surface area contributed by atoms with Crippen LogP contribution in [0.15, 0.2) is 22.6 Å². The second-order valence-corrected chi connectivity index (χ2v) is 4.33. The summed E-state index contributed by atoms with van der Waals surface area (Å²) < 4.78 is 10.7. The number of nitrogens with zero attached hydrogens (tertiary/aromatic N) is 2. The predicted octanol–water partition coefficient (Wildman–Crippen LogP) is 0.851. The van der Waals surface area contributed by atoms with Crippen LogP contribution in [-0.2, 0) is 11.3 Å². The van der Waals surface area contributed by atoms with Crippen molar-refractivity contribution in [3.05, 3.63) is 24.1 Å². The summed E-state index contributed by atoms with van der Waals surface area (Å²) in [6.07, 6.45) is 0. The van der Waals surface area contributed by atoms with Crippen molar-refractivity contribution in [2.24, 2.45) is 0 Å². The van der Waals surface area contributed by atoms with E-state index in [0.29, 0.717) is 36.9 Å². The minimum absolute atomic E-state index is 0.0941. The Morgan fingerprint density at radius 1 is 1.42 bits per heavy atom. The molecule has 0 spiro atoms. The molecular weight excluding hydrogens is 246 g/mol. The first kappa shape index (κ1) is 13.8. The van der Waals surface area contributed by atoms with Crippen LogP contribution in [0.2, 0.25) is 0 Å². The predicted molar refractivity (Wildman–Crippen MR) is 72.7 cm³/mol. The lowest BCUT2D eigenvalue weighted by Crippen LogP contribution is -2.29. The van der Waals surface area contributed by atoms with Gasteiger partial charge in [-0.15, -0.1) is 0 Å². The van der Waals surface area contributed by atoms with Crippen molar-refractivity contribution < 1.29 is 14.3 Å². The van der Waals surface area contributed by atoms with Gasteiger partial charge in [0.05, 0.1) is 19.8 Å². The first-order valence-corrected chi connectivity index (χ1v) is 6.20. The highest BCUT2D eigenvalue weighted by Crippen LogP contribution is 2.19. The van der Waals surface area contributed by atoms with Gasteiger partial charge in [0.15, 0.2) is 5.58 Å². The number of methoxy groups -OCH3 is 1. The third-order valence-electron chi connectivity index (χ3n) is 2.84. The molecule has 104 valence electrons. The molecule has 6 nitrogen and oxygen atoms in total. The van der Waals surface area contributed by atoms with E-state index in [1.165, 1.54) is 0 Å². The Hall–Kier alpha value is -1.63. The molecule has 0 fully saturated rings. The summed E-state index contributed by atoms with van der Waals surface area (Å²) in [7, 11) is 1.65. The van der Waals surface area contributed by atoms with Crippen LogP contribution in [0, 0.1) is 0 Å². The van der Waals surface area contributed by atoms with Gasteiger partial charge in [0.2, 0.25) is 5.89 Å². The number of hydrogen-bond donors (Lipinski definition) is 2. The number of aromatic nitrogens is 1. The summed E-state index contributed by atoms with van der Waals surface area (Å²) in [4.78, 5) is 6.42. The Bertz CT molecular complexity index is 527. The molecule has 0 aliphatic heterocycles. The lowest BCUT2D eigenvalue weighted by atomic mass is 10.3. The zero-order valence-corrected chi connectivity index (χ0v) is 11.0. The van der Waals surface area contributed by atoms with Crippen molar-refractivity contribution >= 4 is 16.8 Å². The number of aliphatic hydroxyl groups excluding tert-OH is 1. The molecule has 3 N–H and O–H groups in total. The first-order chi connectivity index (χ1) is 9.22. The number of ether oxygens (including phenoxy) is 1. The van der Waals surface area contributed by atoms with Gasteiger partial charge < -0.3 is 20.0 Å². The number of oxazole rings is 1. The Morgan fingerprint density at radius 3 is 3.00 bits per heavy atom. The lowest BCUT2D eigenvalue weighted by Gasteiger charge is -2.18. The van der Waals surface area contributed by atoms with Gasteiger partial charge in [0.1, 0.15) is 5.52 Å². The van der Waals surface area contributed by atoms with Crippen molar-refractivity contribution in [2.45, 2.75) is 6.54 Å². The number of aliphatic hydroxyl groups is 1. The number of rotatable bonds is 7. The van der Waals surface area contributed by atoms with Crippen LogP contribution >= 0.6 is 0 Å². The lowest BCUT2D eigenvalue weighted by molar-refractivity contribution is 0.121. The fourth-order valence-corrected chi connectivity index (χ4v) is 1.88. The van der Waals surface area contributed by atoms with E-state index in [0.717, 1.165) is 12.1 Å². The smallest absolute Gasteiger partial charge is 0.209 e. The van der Waals surface area contributed by atoms with Crippen molar-refractivity contribution in [1.29, 1.82) is 0 Å². The highest BCUT2D eigenvalue weighted by atomic mass is 16.5. The molecule has 1 heterocycles.